The Balaban J connectivity index is 0. The molecule has 0 saturated heterocycles. The average Bonchev–Trinajstić information content (AvgIpc) is 2.26. The Labute approximate surface area is 112 Å². The molecule has 1 unspecified atom stereocenters. The number of amides is 1. The Kier molecular flexibility index (Phi) is 9.82. The first-order chi connectivity index (χ1) is 7.40. The quantitative estimate of drug-likeness (QED) is 0.743. The SMILES string of the molecule is CCC(CC)(CN)NC(=O)CC(C)C(C)C.Cl. The molecule has 0 fully saturated rings. The molecule has 3 nitrogen and oxygen atoms in total. The number of nitrogens with two attached hydrogens (primary N) is 1. The standard InChI is InChI=1S/C13H28N2O.ClH/c1-6-13(7-2,9-14)15-12(16)8-11(5)10(3)4;/h10-11H,6-9,14H2,1-5H3,(H,15,16);1H. The van der Waals surface area contributed by atoms with Crippen LogP contribution in [0.15, 0.2) is 0 Å². The van der Waals surface area contributed by atoms with Crippen molar-refractivity contribution in [1.82, 2.24) is 5.32 Å². The molecule has 0 bridgehead atoms. The number of hydrogen-bond acceptors (Lipinski definition) is 2. The van der Waals surface area contributed by atoms with E-state index < -0.39 is 0 Å². The van der Waals surface area contributed by atoms with Crippen LogP contribution in [-0.4, -0.2) is 18.0 Å². The minimum absolute atomic E-state index is 0. The van der Waals surface area contributed by atoms with Crippen molar-refractivity contribution in [2.24, 2.45) is 17.6 Å². The number of carbonyl (C=O) groups excluding carboxylic acids is 1. The van der Waals surface area contributed by atoms with Crippen LogP contribution in [0.1, 0.15) is 53.9 Å². The smallest absolute Gasteiger partial charge is 0.220 e. The van der Waals surface area contributed by atoms with E-state index in [2.05, 4.69) is 39.9 Å². The Morgan fingerprint density at radius 3 is 2.00 bits per heavy atom. The van der Waals surface area contributed by atoms with Gasteiger partial charge in [-0.3, -0.25) is 4.79 Å². The Bertz CT molecular complexity index is 207. The summed E-state index contributed by atoms with van der Waals surface area (Å²) in [7, 11) is 0. The summed E-state index contributed by atoms with van der Waals surface area (Å²) in [4.78, 5) is 11.9. The highest BCUT2D eigenvalue weighted by molar-refractivity contribution is 5.85. The van der Waals surface area contributed by atoms with E-state index in [-0.39, 0.29) is 23.9 Å². The van der Waals surface area contributed by atoms with Gasteiger partial charge in [-0.25, -0.2) is 0 Å². The molecule has 0 aliphatic rings. The van der Waals surface area contributed by atoms with Gasteiger partial charge in [0.15, 0.2) is 0 Å². The topological polar surface area (TPSA) is 55.1 Å². The van der Waals surface area contributed by atoms with Gasteiger partial charge in [-0.05, 0) is 24.7 Å². The Morgan fingerprint density at radius 2 is 1.71 bits per heavy atom. The predicted octanol–water partition coefficient (Wildman–Crippen LogP) is 2.72. The lowest BCUT2D eigenvalue weighted by atomic mass is 9.90. The van der Waals surface area contributed by atoms with Gasteiger partial charge in [0.2, 0.25) is 5.91 Å². The molecule has 0 heterocycles. The van der Waals surface area contributed by atoms with Crippen molar-refractivity contribution in [3.8, 4) is 0 Å². The molecule has 0 aromatic rings. The first-order valence-electron chi connectivity index (χ1n) is 6.41. The first-order valence-corrected chi connectivity index (χ1v) is 6.41. The first kappa shape index (κ1) is 19.1. The fraction of sp³-hybridized carbons (Fsp3) is 0.923. The third kappa shape index (κ3) is 6.27. The van der Waals surface area contributed by atoms with Gasteiger partial charge in [-0.15, -0.1) is 12.4 Å². The number of carbonyl (C=O) groups is 1. The molecule has 1 amide bonds. The predicted molar refractivity (Wildman–Crippen MR) is 76.4 cm³/mol. The average molecular weight is 265 g/mol. The zero-order valence-electron chi connectivity index (χ0n) is 11.9. The molecule has 0 spiro atoms. The normalized spacial score (nSPS) is 13.1. The van der Waals surface area contributed by atoms with Gasteiger partial charge in [-0.2, -0.15) is 0 Å². The molecule has 4 heteroatoms. The van der Waals surface area contributed by atoms with Crippen LogP contribution in [0.2, 0.25) is 0 Å². The highest BCUT2D eigenvalue weighted by atomic mass is 35.5. The molecule has 0 aromatic carbocycles. The molecular formula is C13H29ClN2O. The van der Waals surface area contributed by atoms with E-state index >= 15 is 0 Å². The van der Waals surface area contributed by atoms with E-state index in [1.165, 1.54) is 0 Å². The van der Waals surface area contributed by atoms with E-state index in [0.717, 1.165) is 12.8 Å². The van der Waals surface area contributed by atoms with Crippen LogP contribution in [0.4, 0.5) is 0 Å². The van der Waals surface area contributed by atoms with Crippen LogP contribution in [0.5, 0.6) is 0 Å². The molecule has 104 valence electrons. The van der Waals surface area contributed by atoms with E-state index in [1.807, 2.05) is 0 Å². The van der Waals surface area contributed by atoms with Crippen LogP contribution in [0, 0.1) is 11.8 Å². The second-order valence-electron chi connectivity index (χ2n) is 5.17. The molecule has 3 N–H and O–H groups in total. The molecule has 0 rings (SSSR count). The van der Waals surface area contributed by atoms with Crippen LogP contribution in [0.3, 0.4) is 0 Å². The second-order valence-corrected chi connectivity index (χ2v) is 5.17. The number of hydrogen-bond donors (Lipinski definition) is 2. The van der Waals surface area contributed by atoms with Crippen molar-refractivity contribution in [3.63, 3.8) is 0 Å². The number of halogens is 1. The van der Waals surface area contributed by atoms with Crippen molar-refractivity contribution in [1.29, 1.82) is 0 Å². The van der Waals surface area contributed by atoms with E-state index in [9.17, 15) is 4.79 Å². The van der Waals surface area contributed by atoms with E-state index in [1.54, 1.807) is 0 Å². The molecule has 17 heavy (non-hydrogen) atoms. The summed E-state index contributed by atoms with van der Waals surface area (Å²) in [6, 6.07) is 0. The second kappa shape index (κ2) is 8.76. The summed E-state index contributed by atoms with van der Waals surface area (Å²) in [6.45, 7) is 11.1. The Morgan fingerprint density at radius 1 is 1.24 bits per heavy atom. The monoisotopic (exact) mass is 264 g/mol. The van der Waals surface area contributed by atoms with Gasteiger partial charge in [-0.1, -0.05) is 34.6 Å². The molecule has 0 aliphatic carbocycles. The van der Waals surface area contributed by atoms with Gasteiger partial charge in [0.05, 0.1) is 5.54 Å². The minimum Gasteiger partial charge on any atom is -0.349 e. The van der Waals surface area contributed by atoms with Crippen LogP contribution in [0.25, 0.3) is 0 Å². The van der Waals surface area contributed by atoms with Crippen molar-refractivity contribution >= 4 is 18.3 Å². The van der Waals surface area contributed by atoms with Crippen LogP contribution in [-0.2, 0) is 4.79 Å². The van der Waals surface area contributed by atoms with E-state index in [0.29, 0.717) is 24.8 Å². The minimum atomic E-state index is -0.201. The summed E-state index contributed by atoms with van der Waals surface area (Å²) in [5.41, 5.74) is 5.55. The molecule has 0 aromatic heterocycles. The Hall–Kier alpha value is -0.280. The molecule has 0 radical (unpaired) electrons. The third-order valence-electron chi connectivity index (χ3n) is 3.79. The lowest BCUT2D eigenvalue weighted by Gasteiger charge is -2.32. The van der Waals surface area contributed by atoms with Gasteiger partial charge < -0.3 is 11.1 Å². The van der Waals surface area contributed by atoms with Crippen molar-refractivity contribution in [3.05, 3.63) is 0 Å². The maximum atomic E-state index is 11.9. The lowest BCUT2D eigenvalue weighted by molar-refractivity contribution is -0.124. The van der Waals surface area contributed by atoms with Crippen LogP contribution < -0.4 is 11.1 Å². The number of rotatable bonds is 7. The largest absolute Gasteiger partial charge is 0.349 e. The maximum Gasteiger partial charge on any atom is 0.220 e. The zero-order valence-corrected chi connectivity index (χ0v) is 12.7. The maximum absolute atomic E-state index is 11.9. The van der Waals surface area contributed by atoms with Gasteiger partial charge in [0.25, 0.3) is 0 Å². The fourth-order valence-corrected chi connectivity index (χ4v) is 1.64. The number of nitrogens with one attached hydrogen (secondary N) is 1. The van der Waals surface area contributed by atoms with E-state index in [4.69, 9.17) is 5.73 Å². The molecular weight excluding hydrogens is 236 g/mol. The lowest BCUT2D eigenvalue weighted by Crippen LogP contribution is -2.53. The highest BCUT2D eigenvalue weighted by Crippen LogP contribution is 2.17. The summed E-state index contributed by atoms with van der Waals surface area (Å²) in [6.07, 6.45) is 2.38. The summed E-state index contributed by atoms with van der Waals surface area (Å²) in [5.74, 6) is 1.10. The van der Waals surface area contributed by atoms with Crippen LogP contribution >= 0.6 is 12.4 Å². The zero-order chi connectivity index (χ0) is 12.8. The van der Waals surface area contributed by atoms with Crippen molar-refractivity contribution in [2.75, 3.05) is 6.54 Å². The van der Waals surface area contributed by atoms with Gasteiger partial charge in [0.1, 0.15) is 0 Å². The summed E-state index contributed by atoms with van der Waals surface area (Å²) >= 11 is 0. The highest BCUT2D eigenvalue weighted by Gasteiger charge is 2.26. The third-order valence-corrected chi connectivity index (χ3v) is 3.79. The molecule has 0 aliphatic heterocycles. The fourth-order valence-electron chi connectivity index (χ4n) is 1.64. The van der Waals surface area contributed by atoms with Gasteiger partial charge in [0, 0.05) is 13.0 Å². The van der Waals surface area contributed by atoms with Crippen molar-refractivity contribution < 1.29 is 4.79 Å². The molecule has 0 saturated carbocycles. The summed E-state index contributed by atoms with van der Waals surface area (Å²) in [5, 5.41) is 3.10. The van der Waals surface area contributed by atoms with Crippen molar-refractivity contribution in [2.45, 2.75) is 59.4 Å². The molecule has 1 atom stereocenters. The summed E-state index contributed by atoms with van der Waals surface area (Å²) < 4.78 is 0. The van der Waals surface area contributed by atoms with Gasteiger partial charge >= 0.3 is 0 Å².